The van der Waals surface area contributed by atoms with Gasteiger partial charge in [-0.15, -0.1) is 0 Å². The number of halogens is 5. The van der Waals surface area contributed by atoms with E-state index in [1.165, 1.54) is 0 Å². The smallest absolute Gasteiger partial charge is 0.337 e. The fourth-order valence-electron chi connectivity index (χ4n) is 1.76. The molecule has 1 atom stereocenters. The van der Waals surface area contributed by atoms with Crippen molar-refractivity contribution >= 4 is 5.91 Å². The zero-order valence-electron chi connectivity index (χ0n) is 8.94. The van der Waals surface area contributed by atoms with Gasteiger partial charge in [-0.3, -0.25) is 4.79 Å². The van der Waals surface area contributed by atoms with Gasteiger partial charge in [0.1, 0.15) is 0 Å². The summed E-state index contributed by atoms with van der Waals surface area (Å²) in [4.78, 5) is 11.7. The summed E-state index contributed by atoms with van der Waals surface area (Å²) in [6, 6.07) is 0. The third kappa shape index (κ3) is 2.85. The molecule has 0 radical (unpaired) electrons. The average Bonchev–Trinajstić information content (AvgIpc) is 2.26. The zero-order chi connectivity index (χ0) is 13.3. The van der Waals surface area contributed by atoms with Crippen molar-refractivity contribution in [3.05, 3.63) is 0 Å². The van der Waals surface area contributed by atoms with Crippen LogP contribution in [0.3, 0.4) is 0 Å². The highest BCUT2D eigenvalue weighted by Gasteiger charge is 2.64. The Kier molecular flexibility index (Phi) is 3.95. The lowest BCUT2D eigenvalue weighted by atomic mass is 9.98. The standard InChI is InChI=1S/C9H13F5N2O/c10-8(11,9(12,13)14)7(17)16-3-1-2-6(4-15)5-16/h6H,1-5,15H2. The number of nitrogens with zero attached hydrogens (tertiary/aromatic N) is 1. The third-order valence-electron chi connectivity index (χ3n) is 2.76. The molecule has 0 aromatic carbocycles. The maximum absolute atomic E-state index is 12.8. The van der Waals surface area contributed by atoms with Gasteiger partial charge in [-0.05, 0) is 25.3 Å². The van der Waals surface area contributed by atoms with Gasteiger partial charge in [-0.1, -0.05) is 0 Å². The molecule has 0 aromatic heterocycles. The third-order valence-corrected chi connectivity index (χ3v) is 2.76. The highest BCUT2D eigenvalue weighted by molar-refractivity contribution is 5.84. The molecule has 0 bridgehead atoms. The number of piperidine rings is 1. The van der Waals surface area contributed by atoms with Gasteiger partial charge < -0.3 is 10.6 Å². The van der Waals surface area contributed by atoms with E-state index in [1.54, 1.807) is 0 Å². The first-order valence-corrected chi connectivity index (χ1v) is 5.14. The van der Waals surface area contributed by atoms with E-state index in [-0.39, 0.29) is 25.6 Å². The summed E-state index contributed by atoms with van der Waals surface area (Å²) in [5, 5.41) is 0. The second-order valence-corrected chi connectivity index (χ2v) is 4.07. The minimum absolute atomic E-state index is 0.0823. The molecule has 1 unspecified atom stereocenters. The van der Waals surface area contributed by atoms with Crippen LogP contribution in [0.1, 0.15) is 12.8 Å². The van der Waals surface area contributed by atoms with Crippen molar-refractivity contribution in [1.82, 2.24) is 4.90 Å². The van der Waals surface area contributed by atoms with E-state index in [9.17, 15) is 26.7 Å². The maximum Gasteiger partial charge on any atom is 0.463 e. The van der Waals surface area contributed by atoms with Gasteiger partial charge in [0.25, 0.3) is 0 Å². The van der Waals surface area contributed by atoms with Crippen LogP contribution in [0.15, 0.2) is 0 Å². The molecule has 0 aromatic rings. The van der Waals surface area contributed by atoms with Gasteiger partial charge in [-0.25, -0.2) is 0 Å². The molecule has 1 aliphatic heterocycles. The van der Waals surface area contributed by atoms with Crippen LogP contribution < -0.4 is 5.73 Å². The number of rotatable bonds is 2. The van der Waals surface area contributed by atoms with Crippen molar-refractivity contribution in [3.63, 3.8) is 0 Å². The van der Waals surface area contributed by atoms with Crippen LogP contribution in [0.2, 0.25) is 0 Å². The van der Waals surface area contributed by atoms with E-state index in [2.05, 4.69) is 0 Å². The predicted octanol–water partition coefficient (Wildman–Crippen LogP) is 1.38. The molecule has 0 spiro atoms. The lowest BCUT2D eigenvalue weighted by molar-refractivity contribution is -0.275. The lowest BCUT2D eigenvalue weighted by Crippen LogP contribution is -2.54. The summed E-state index contributed by atoms with van der Waals surface area (Å²) < 4.78 is 61.6. The predicted molar refractivity (Wildman–Crippen MR) is 49.4 cm³/mol. The summed E-state index contributed by atoms with van der Waals surface area (Å²) in [7, 11) is 0. The maximum atomic E-state index is 12.8. The normalized spacial score (nSPS) is 22.7. The summed E-state index contributed by atoms with van der Waals surface area (Å²) in [5.41, 5.74) is 5.31. The van der Waals surface area contributed by atoms with Gasteiger partial charge >= 0.3 is 18.0 Å². The van der Waals surface area contributed by atoms with Gasteiger partial charge in [0, 0.05) is 13.1 Å². The van der Waals surface area contributed by atoms with E-state index in [0.717, 1.165) is 0 Å². The van der Waals surface area contributed by atoms with Crippen molar-refractivity contribution in [2.45, 2.75) is 24.9 Å². The minimum atomic E-state index is -5.85. The summed E-state index contributed by atoms with van der Waals surface area (Å²) in [6.45, 7) is -0.0522. The second kappa shape index (κ2) is 4.75. The largest absolute Gasteiger partial charge is 0.463 e. The molecule has 1 aliphatic rings. The van der Waals surface area contributed by atoms with Gasteiger partial charge in [-0.2, -0.15) is 22.0 Å². The van der Waals surface area contributed by atoms with E-state index in [0.29, 0.717) is 17.7 Å². The second-order valence-electron chi connectivity index (χ2n) is 4.07. The Balaban J connectivity index is 2.76. The van der Waals surface area contributed by atoms with Crippen LogP contribution in [0, 0.1) is 5.92 Å². The van der Waals surface area contributed by atoms with E-state index >= 15 is 0 Å². The highest BCUT2D eigenvalue weighted by Crippen LogP contribution is 2.37. The number of amides is 1. The number of carbonyl (C=O) groups excluding carboxylic acids is 1. The van der Waals surface area contributed by atoms with Crippen molar-refractivity contribution in [3.8, 4) is 0 Å². The summed E-state index contributed by atoms with van der Waals surface area (Å²) >= 11 is 0. The molecule has 1 saturated heterocycles. The first kappa shape index (κ1) is 14.1. The molecule has 1 rings (SSSR count). The number of hydrogen-bond donors (Lipinski definition) is 1. The highest BCUT2D eigenvalue weighted by atomic mass is 19.4. The molecule has 17 heavy (non-hydrogen) atoms. The summed E-state index contributed by atoms with van der Waals surface area (Å²) in [6.07, 6.45) is -4.82. The monoisotopic (exact) mass is 260 g/mol. The Bertz CT molecular complexity index is 292. The Morgan fingerprint density at radius 1 is 1.29 bits per heavy atom. The minimum Gasteiger partial charge on any atom is -0.337 e. The molecule has 3 nitrogen and oxygen atoms in total. The number of alkyl halides is 5. The lowest BCUT2D eigenvalue weighted by Gasteiger charge is -2.34. The van der Waals surface area contributed by atoms with E-state index < -0.39 is 18.0 Å². The van der Waals surface area contributed by atoms with Crippen molar-refractivity contribution in [2.75, 3.05) is 19.6 Å². The molecule has 1 heterocycles. The van der Waals surface area contributed by atoms with Crippen molar-refractivity contribution in [2.24, 2.45) is 11.7 Å². The van der Waals surface area contributed by atoms with Gasteiger partial charge in [0.05, 0.1) is 0 Å². The average molecular weight is 260 g/mol. The molecule has 1 fully saturated rings. The van der Waals surface area contributed by atoms with Crippen LogP contribution >= 0.6 is 0 Å². The molecule has 1 amide bonds. The zero-order valence-corrected chi connectivity index (χ0v) is 8.94. The quantitative estimate of drug-likeness (QED) is 0.762. The van der Waals surface area contributed by atoms with Crippen LogP contribution in [-0.2, 0) is 4.79 Å². The Morgan fingerprint density at radius 3 is 2.35 bits per heavy atom. The molecular weight excluding hydrogens is 247 g/mol. The van der Waals surface area contributed by atoms with Crippen molar-refractivity contribution < 1.29 is 26.7 Å². The molecule has 0 saturated carbocycles. The number of carbonyl (C=O) groups is 1. The van der Waals surface area contributed by atoms with Gasteiger partial charge in [0.15, 0.2) is 0 Å². The Labute approximate surface area is 94.7 Å². The molecular formula is C9H13F5N2O. The van der Waals surface area contributed by atoms with Crippen molar-refractivity contribution in [1.29, 1.82) is 0 Å². The fraction of sp³-hybridized carbons (Fsp3) is 0.889. The first-order chi connectivity index (χ1) is 7.70. The van der Waals surface area contributed by atoms with Crippen LogP contribution in [0.5, 0.6) is 0 Å². The molecule has 8 heteroatoms. The number of nitrogens with two attached hydrogens (primary N) is 1. The fourth-order valence-corrected chi connectivity index (χ4v) is 1.76. The molecule has 2 N–H and O–H groups in total. The summed E-state index contributed by atoms with van der Waals surface area (Å²) in [5.74, 6) is -7.70. The van der Waals surface area contributed by atoms with Crippen LogP contribution in [-0.4, -0.2) is 42.5 Å². The SMILES string of the molecule is NCC1CCCN(C(=O)C(F)(F)C(F)(F)F)C1. The Morgan fingerprint density at radius 2 is 1.88 bits per heavy atom. The Hall–Kier alpha value is -0.920. The molecule has 0 aliphatic carbocycles. The topological polar surface area (TPSA) is 46.3 Å². The van der Waals surface area contributed by atoms with Crippen LogP contribution in [0.4, 0.5) is 22.0 Å². The number of likely N-dealkylation sites (tertiary alicyclic amines) is 1. The molecule has 100 valence electrons. The number of hydrogen-bond acceptors (Lipinski definition) is 2. The van der Waals surface area contributed by atoms with Crippen LogP contribution in [0.25, 0.3) is 0 Å². The van der Waals surface area contributed by atoms with E-state index in [4.69, 9.17) is 5.73 Å². The first-order valence-electron chi connectivity index (χ1n) is 5.14. The van der Waals surface area contributed by atoms with E-state index in [1.807, 2.05) is 0 Å². The van der Waals surface area contributed by atoms with Gasteiger partial charge in [0.2, 0.25) is 0 Å².